The Morgan fingerprint density at radius 1 is 0.912 bits per heavy atom. The van der Waals surface area contributed by atoms with Crippen molar-refractivity contribution in [3.05, 3.63) is 107 Å². The van der Waals surface area contributed by atoms with Gasteiger partial charge in [0.15, 0.2) is 0 Å². The first kappa shape index (κ1) is 22.6. The van der Waals surface area contributed by atoms with Crippen LogP contribution < -0.4 is 0 Å². The smallest absolute Gasteiger partial charge is 0.243 e. The Labute approximate surface area is 200 Å². The molecule has 6 heteroatoms. The predicted octanol–water partition coefficient (Wildman–Crippen LogP) is 5.92. The summed E-state index contributed by atoms with van der Waals surface area (Å²) in [4.78, 5) is 0.374. The van der Waals surface area contributed by atoms with Crippen LogP contribution in [0.3, 0.4) is 0 Å². The Bertz CT molecular complexity index is 1500. The number of para-hydroxylation sites is 1. The summed E-state index contributed by atoms with van der Waals surface area (Å²) in [6, 6.07) is 22.0. The minimum absolute atomic E-state index is 0.240. The van der Waals surface area contributed by atoms with E-state index in [0.717, 1.165) is 27.7 Å². The van der Waals surface area contributed by atoms with E-state index in [1.165, 1.54) is 23.3 Å². The van der Waals surface area contributed by atoms with Crippen molar-refractivity contribution >= 4 is 26.5 Å². The van der Waals surface area contributed by atoms with E-state index in [2.05, 4.69) is 29.7 Å². The molecule has 2 heterocycles. The molecule has 0 aliphatic carbocycles. The van der Waals surface area contributed by atoms with Crippen molar-refractivity contribution in [1.29, 1.82) is 0 Å². The standard InChI is InChI=1S/C28H27FN2O2S/c1-20-7-3-6-10-27(20)34(32,33)30-17-15-23(16-18-30)28-21(2)31(26-9-5-4-8-25(26)28)19-22-11-13-24(29)14-12-22/h3-15H,16-19H2,1-2H3. The average Bonchev–Trinajstić information content (AvgIpc) is 3.12. The van der Waals surface area contributed by atoms with Crippen molar-refractivity contribution in [3.63, 3.8) is 0 Å². The molecule has 0 unspecified atom stereocenters. The molecule has 4 nitrogen and oxygen atoms in total. The van der Waals surface area contributed by atoms with Crippen LogP contribution in [0.1, 0.15) is 28.8 Å². The van der Waals surface area contributed by atoms with Gasteiger partial charge < -0.3 is 4.57 Å². The van der Waals surface area contributed by atoms with E-state index >= 15 is 0 Å². The first-order valence-electron chi connectivity index (χ1n) is 11.4. The maximum Gasteiger partial charge on any atom is 0.243 e. The van der Waals surface area contributed by atoms with Gasteiger partial charge in [-0.25, -0.2) is 12.8 Å². The summed E-state index contributed by atoms with van der Waals surface area (Å²) in [6.45, 7) is 5.38. The highest BCUT2D eigenvalue weighted by atomic mass is 32.2. The zero-order chi connectivity index (χ0) is 23.9. The molecule has 1 aromatic heterocycles. The van der Waals surface area contributed by atoms with Crippen molar-refractivity contribution < 1.29 is 12.8 Å². The summed E-state index contributed by atoms with van der Waals surface area (Å²) in [6.07, 6.45) is 2.70. The first-order valence-corrected chi connectivity index (χ1v) is 12.9. The number of sulfonamides is 1. The summed E-state index contributed by atoms with van der Waals surface area (Å²) in [5.41, 5.74) is 6.39. The number of aryl methyl sites for hydroxylation is 1. The van der Waals surface area contributed by atoms with Crippen LogP contribution >= 0.6 is 0 Å². The SMILES string of the molecule is Cc1ccccc1S(=O)(=O)N1CC=C(c2c(C)n(Cc3ccc(F)cc3)c3ccccc23)CC1. The lowest BCUT2D eigenvalue weighted by atomic mass is 9.97. The topological polar surface area (TPSA) is 42.3 Å². The molecule has 0 N–H and O–H groups in total. The number of hydrogen-bond acceptors (Lipinski definition) is 2. The Morgan fingerprint density at radius 3 is 2.32 bits per heavy atom. The molecule has 4 aromatic rings. The number of hydrogen-bond donors (Lipinski definition) is 0. The molecule has 0 radical (unpaired) electrons. The van der Waals surface area contributed by atoms with Crippen molar-refractivity contribution in [3.8, 4) is 0 Å². The number of aromatic nitrogens is 1. The van der Waals surface area contributed by atoms with Crippen LogP contribution in [0.25, 0.3) is 16.5 Å². The molecule has 5 rings (SSSR count). The highest BCUT2D eigenvalue weighted by Gasteiger charge is 2.29. The first-order chi connectivity index (χ1) is 16.4. The molecule has 174 valence electrons. The fourth-order valence-corrected chi connectivity index (χ4v) is 6.50. The van der Waals surface area contributed by atoms with Crippen LogP contribution in [-0.4, -0.2) is 30.4 Å². The summed E-state index contributed by atoms with van der Waals surface area (Å²) < 4.78 is 43.7. The second-order valence-electron chi connectivity index (χ2n) is 8.80. The van der Waals surface area contributed by atoms with Crippen LogP contribution in [0.5, 0.6) is 0 Å². The normalized spacial score (nSPS) is 15.0. The van der Waals surface area contributed by atoms with Gasteiger partial charge in [-0.05, 0) is 61.2 Å². The highest BCUT2D eigenvalue weighted by Crippen LogP contribution is 2.36. The highest BCUT2D eigenvalue weighted by molar-refractivity contribution is 7.89. The third kappa shape index (κ3) is 3.97. The van der Waals surface area contributed by atoms with Crippen molar-refractivity contribution in [2.24, 2.45) is 0 Å². The second kappa shape index (κ2) is 8.85. The third-order valence-electron chi connectivity index (χ3n) is 6.69. The number of rotatable bonds is 5. The monoisotopic (exact) mass is 474 g/mol. The minimum Gasteiger partial charge on any atom is -0.340 e. The lowest BCUT2D eigenvalue weighted by Crippen LogP contribution is -2.35. The van der Waals surface area contributed by atoms with Gasteiger partial charge in [0.25, 0.3) is 0 Å². The predicted molar refractivity (Wildman–Crippen MR) is 135 cm³/mol. The van der Waals surface area contributed by atoms with E-state index in [9.17, 15) is 12.8 Å². The van der Waals surface area contributed by atoms with E-state index < -0.39 is 10.0 Å². The minimum atomic E-state index is -3.54. The summed E-state index contributed by atoms with van der Waals surface area (Å²) in [5.74, 6) is -0.240. The van der Waals surface area contributed by atoms with Crippen LogP contribution in [0.15, 0.2) is 83.8 Å². The third-order valence-corrected chi connectivity index (χ3v) is 8.71. The van der Waals surface area contributed by atoms with Gasteiger partial charge in [0.05, 0.1) is 4.90 Å². The Balaban J connectivity index is 1.50. The van der Waals surface area contributed by atoms with Crippen LogP contribution in [0.4, 0.5) is 4.39 Å². The van der Waals surface area contributed by atoms with Gasteiger partial charge in [-0.15, -0.1) is 0 Å². The molecule has 0 amide bonds. The summed E-state index contributed by atoms with van der Waals surface area (Å²) >= 11 is 0. The van der Waals surface area contributed by atoms with Gasteiger partial charge in [0.1, 0.15) is 5.82 Å². The largest absolute Gasteiger partial charge is 0.340 e. The lowest BCUT2D eigenvalue weighted by molar-refractivity contribution is 0.441. The molecule has 0 fully saturated rings. The van der Waals surface area contributed by atoms with Crippen LogP contribution in [-0.2, 0) is 16.6 Å². The zero-order valence-electron chi connectivity index (χ0n) is 19.3. The molecule has 34 heavy (non-hydrogen) atoms. The maximum atomic E-state index is 13.4. The van der Waals surface area contributed by atoms with Gasteiger partial charge in [-0.1, -0.05) is 54.6 Å². The van der Waals surface area contributed by atoms with Gasteiger partial charge in [0.2, 0.25) is 10.0 Å². The maximum absolute atomic E-state index is 13.4. The fraction of sp³-hybridized carbons (Fsp3) is 0.214. The number of halogens is 1. The molecule has 0 saturated carbocycles. The van der Waals surface area contributed by atoms with Gasteiger partial charge in [0, 0.05) is 41.8 Å². The lowest BCUT2D eigenvalue weighted by Gasteiger charge is -2.26. The van der Waals surface area contributed by atoms with E-state index in [4.69, 9.17) is 0 Å². The van der Waals surface area contributed by atoms with Crippen molar-refractivity contribution in [2.75, 3.05) is 13.1 Å². The quantitative estimate of drug-likeness (QED) is 0.360. The molecular formula is C28H27FN2O2S. The van der Waals surface area contributed by atoms with E-state index in [1.807, 2.05) is 43.3 Å². The summed E-state index contributed by atoms with van der Waals surface area (Å²) in [7, 11) is -3.54. The molecule has 0 bridgehead atoms. The van der Waals surface area contributed by atoms with Crippen molar-refractivity contribution in [1.82, 2.24) is 8.87 Å². The average molecular weight is 475 g/mol. The molecule has 3 aromatic carbocycles. The van der Waals surface area contributed by atoms with Crippen molar-refractivity contribution in [2.45, 2.75) is 31.7 Å². The number of nitrogens with zero attached hydrogens (tertiary/aromatic N) is 2. The Kier molecular flexibility index (Phi) is 5.88. The van der Waals surface area contributed by atoms with Crippen LogP contribution in [0, 0.1) is 19.7 Å². The molecule has 0 spiro atoms. The van der Waals surface area contributed by atoms with Gasteiger partial charge >= 0.3 is 0 Å². The summed E-state index contributed by atoms with van der Waals surface area (Å²) in [5, 5.41) is 1.16. The van der Waals surface area contributed by atoms with E-state index in [-0.39, 0.29) is 5.82 Å². The van der Waals surface area contributed by atoms with E-state index in [0.29, 0.717) is 31.0 Å². The molecular weight excluding hydrogens is 447 g/mol. The Morgan fingerprint density at radius 2 is 1.62 bits per heavy atom. The second-order valence-corrected chi connectivity index (χ2v) is 10.7. The fourth-order valence-electron chi connectivity index (χ4n) is 4.89. The van der Waals surface area contributed by atoms with E-state index in [1.54, 1.807) is 16.4 Å². The molecule has 1 aliphatic heterocycles. The number of benzene rings is 3. The molecule has 0 saturated heterocycles. The van der Waals surface area contributed by atoms with Crippen LogP contribution in [0.2, 0.25) is 0 Å². The van der Waals surface area contributed by atoms with Gasteiger partial charge in [-0.2, -0.15) is 4.31 Å². The molecule has 1 aliphatic rings. The number of fused-ring (bicyclic) bond motifs is 1. The molecule has 0 atom stereocenters. The van der Waals surface area contributed by atoms with Gasteiger partial charge in [-0.3, -0.25) is 0 Å². The zero-order valence-corrected chi connectivity index (χ0v) is 20.1. The Hall–Kier alpha value is -3.22.